The Bertz CT molecular complexity index is 324. The highest BCUT2D eigenvalue weighted by atomic mass is 16.5. The van der Waals surface area contributed by atoms with Crippen LogP contribution in [0.2, 0.25) is 0 Å². The highest BCUT2D eigenvalue weighted by Gasteiger charge is 2.20. The summed E-state index contributed by atoms with van der Waals surface area (Å²) in [6.45, 7) is 3.88. The second kappa shape index (κ2) is 7.09. The van der Waals surface area contributed by atoms with Crippen molar-refractivity contribution in [1.29, 1.82) is 0 Å². The molecule has 1 aliphatic rings. The minimum atomic E-state index is -0.0142. The van der Waals surface area contributed by atoms with Crippen molar-refractivity contribution in [3.05, 3.63) is 17.5 Å². The standard InChI is InChI=1S/C8H14O2.C5H7NO/c1-10-8(9)7-5-3-2-4-6-7;1-4-3-7-6-5(4)2/h7H,2-6H2,1H3;3H,1-2H3. The number of hydrogen-bond acceptors (Lipinski definition) is 4. The minimum absolute atomic E-state index is 0.0142. The number of carbonyl (C=O) groups excluding carboxylic acids is 1. The summed E-state index contributed by atoms with van der Waals surface area (Å²) in [5, 5.41) is 3.64. The van der Waals surface area contributed by atoms with Crippen molar-refractivity contribution in [2.45, 2.75) is 46.0 Å². The molecule has 0 bridgehead atoms. The molecule has 0 radical (unpaired) electrons. The number of esters is 1. The molecule has 96 valence electrons. The fraction of sp³-hybridized carbons (Fsp3) is 0.692. The van der Waals surface area contributed by atoms with Gasteiger partial charge in [-0.15, -0.1) is 0 Å². The lowest BCUT2D eigenvalue weighted by atomic mass is 9.89. The summed E-state index contributed by atoms with van der Waals surface area (Å²) in [6.07, 6.45) is 7.38. The molecule has 0 spiro atoms. The molecule has 0 unspecified atom stereocenters. The predicted octanol–water partition coefficient (Wildman–Crippen LogP) is 3.03. The molecule has 0 atom stereocenters. The summed E-state index contributed by atoms with van der Waals surface area (Å²) in [7, 11) is 1.47. The molecule has 4 heteroatoms. The van der Waals surface area contributed by atoms with E-state index in [9.17, 15) is 4.79 Å². The van der Waals surface area contributed by atoms with Crippen LogP contribution in [-0.4, -0.2) is 18.2 Å². The Morgan fingerprint density at radius 2 is 2.00 bits per heavy atom. The van der Waals surface area contributed by atoms with Crippen LogP contribution in [0.25, 0.3) is 0 Å². The van der Waals surface area contributed by atoms with E-state index in [2.05, 4.69) is 14.4 Å². The molecule has 1 saturated carbocycles. The first-order valence-corrected chi connectivity index (χ1v) is 6.10. The second-order valence-electron chi connectivity index (χ2n) is 4.44. The van der Waals surface area contributed by atoms with E-state index in [4.69, 9.17) is 0 Å². The first-order chi connectivity index (χ1) is 8.15. The fourth-order valence-corrected chi connectivity index (χ4v) is 1.85. The Balaban J connectivity index is 0.000000181. The number of rotatable bonds is 1. The maximum Gasteiger partial charge on any atom is 0.308 e. The van der Waals surface area contributed by atoms with Crippen LogP contribution in [0.1, 0.15) is 43.4 Å². The molecule has 0 aliphatic heterocycles. The molecule has 1 aromatic heterocycles. The summed E-state index contributed by atoms with van der Waals surface area (Å²) in [4.78, 5) is 10.9. The van der Waals surface area contributed by atoms with Crippen molar-refractivity contribution < 1.29 is 14.1 Å². The van der Waals surface area contributed by atoms with Gasteiger partial charge in [0.1, 0.15) is 6.26 Å². The van der Waals surface area contributed by atoms with E-state index in [1.807, 2.05) is 13.8 Å². The Morgan fingerprint density at radius 1 is 1.35 bits per heavy atom. The van der Waals surface area contributed by atoms with Crippen molar-refractivity contribution in [2.24, 2.45) is 5.92 Å². The molecule has 1 fully saturated rings. The van der Waals surface area contributed by atoms with E-state index in [1.165, 1.54) is 26.4 Å². The normalized spacial score (nSPS) is 15.9. The van der Waals surface area contributed by atoms with Crippen molar-refractivity contribution in [3.63, 3.8) is 0 Å². The van der Waals surface area contributed by atoms with Gasteiger partial charge in [-0.3, -0.25) is 4.79 Å². The van der Waals surface area contributed by atoms with Gasteiger partial charge in [0.05, 0.1) is 18.7 Å². The number of hydrogen-bond donors (Lipinski definition) is 0. The van der Waals surface area contributed by atoms with Gasteiger partial charge in [0, 0.05) is 5.56 Å². The molecule has 17 heavy (non-hydrogen) atoms. The predicted molar refractivity (Wildman–Crippen MR) is 64.6 cm³/mol. The van der Waals surface area contributed by atoms with Crippen LogP contribution in [0.4, 0.5) is 0 Å². The van der Waals surface area contributed by atoms with Crippen LogP contribution in [-0.2, 0) is 9.53 Å². The first-order valence-electron chi connectivity index (χ1n) is 6.10. The third-order valence-electron chi connectivity index (χ3n) is 3.13. The van der Waals surface area contributed by atoms with Crippen molar-refractivity contribution in [3.8, 4) is 0 Å². The van der Waals surface area contributed by atoms with Crippen molar-refractivity contribution >= 4 is 5.97 Å². The number of methoxy groups -OCH3 is 1. The molecular formula is C13H21NO3. The average molecular weight is 239 g/mol. The maximum absolute atomic E-state index is 10.9. The van der Waals surface area contributed by atoms with Gasteiger partial charge in [-0.25, -0.2) is 0 Å². The lowest BCUT2D eigenvalue weighted by Crippen LogP contribution is -2.18. The van der Waals surface area contributed by atoms with Gasteiger partial charge < -0.3 is 9.26 Å². The summed E-state index contributed by atoms with van der Waals surface area (Å²) in [5.74, 6) is 0.193. The number of aromatic nitrogens is 1. The maximum atomic E-state index is 10.9. The quantitative estimate of drug-likeness (QED) is 0.707. The van der Waals surface area contributed by atoms with E-state index in [0.717, 1.165) is 24.1 Å². The zero-order chi connectivity index (χ0) is 12.7. The summed E-state index contributed by atoms with van der Waals surface area (Å²) >= 11 is 0. The van der Waals surface area contributed by atoms with Gasteiger partial charge in [-0.05, 0) is 26.7 Å². The zero-order valence-corrected chi connectivity index (χ0v) is 10.9. The average Bonchev–Trinajstić information content (AvgIpc) is 2.75. The van der Waals surface area contributed by atoms with E-state index < -0.39 is 0 Å². The number of carbonyl (C=O) groups is 1. The fourth-order valence-electron chi connectivity index (χ4n) is 1.85. The van der Waals surface area contributed by atoms with Gasteiger partial charge in [-0.1, -0.05) is 24.4 Å². The monoisotopic (exact) mass is 239 g/mol. The van der Waals surface area contributed by atoms with Crippen molar-refractivity contribution in [1.82, 2.24) is 5.16 Å². The van der Waals surface area contributed by atoms with Crippen LogP contribution in [0, 0.1) is 19.8 Å². The Morgan fingerprint density at radius 3 is 2.35 bits per heavy atom. The summed E-state index contributed by atoms with van der Waals surface area (Å²) in [6, 6.07) is 0. The molecule has 0 aromatic carbocycles. The Hall–Kier alpha value is -1.32. The van der Waals surface area contributed by atoms with Gasteiger partial charge in [0.15, 0.2) is 0 Å². The largest absolute Gasteiger partial charge is 0.469 e. The zero-order valence-electron chi connectivity index (χ0n) is 10.9. The summed E-state index contributed by atoms with van der Waals surface area (Å²) in [5.41, 5.74) is 2.08. The molecule has 0 N–H and O–H groups in total. The van der Waals surface area contributed by atoms with Gasteiger partial charge >= 0.3 is 5.97 Å². The van der Waals surface area contributed by atoms with E-state index >= 15 is 0 Å². The van der Waals surface area contributed by atoms with Crippen molar-refractivity contribution in [2.75, 3.05) is 7.11 Å². The van der Waals surface area contributed by atoms with Gasteiger partial charge in [-0.2, -0.15) is 0 Å². The first kappa shape index (κ1) is 13.7. The lowest BCUT2D eigenvalue weighted by molar-refractivity contribution is -0.146. The molecule has 2 rings (SSSR count). The molecule has 1 heterocycles. The highest BCUT2D eigenvalue weighted by Crippen LogP contribution is 2.24. The van der Waals surface area contributed by atoms with Crippen LogP contribution in [0.3, 0.4) is 0 Å². The third-order valence-corrected chi connectivity index (χ3v) is 3.13. The van der Waals surface area contributed by atoms with E-state index in [0.29, 0.717) is 0 Å². The number of nitrogens with zero attached hydrogens (tertiary/aromatic N) is 1. The van der Waals surface area contributed by atoms with Crippen LogP contribution >= 0.6 is 0 Å². The van der Waals surface area contributed by atoms with E-state index in [-0.39, 0.29) is 11.9 Å². The Labute approximate surface area is 102 Å². The molecular weight excluding hydrogens is 218 g/mol. The molecule has 0 amide bonds. The molecule has 0 saturated heterocycles. The lowest BCUT2D eigenvalue weighted by Gasteiger charge is -2.18. The summed E-state index contributed by atoms with van der Waals surface area (Å²) < 4.78 is 9.25. The van der Waals surface area contributed by atoms with Crippen LogP contribution in [0.15, 0.2) is 10.8 Å². The molecule has 1 aliphatic carbocycles. The second-order valence-corrected chi connectivity index (χ2v) is 4.44. The van der Waals surface area contributed by atoms with Gasteiger partial charge in [0.25, 0.3) is 0 Å². The van der Waals surface area contributed by atoms with Crippen LogP contribution < -0.4 is 0 Å². The Kier molecular flexibility index (Phi) is 5.73. The SMILES string of the molecule is COC(=O)C1CCCCC1.Cc1conc1C. The minimum Gasteiger partial charge on any atom is -0.469 e. The molecule has 4 nitrogen and oxygen atoms in total. The topological polar surface area (TPSA) is 52.3 Å². The van der Waals surface area contributed by atoms with Crippen LogP contribution in [0.5, 0.6) is 0 Å². The van der Waals surface area contributed by atoms with Gasteiger partial charge in [0.2, 0.25) is 0 Å². The molecule has 1 aromatic rings. The highest BCUT2D eigenvalue weighted by molar-refractivity contribution is 5.72. The number of aryl methyl sites for hydroxylation is 2. The smallest absolute Gasteiger partial charge is 0.308 e. The number of ether oxygens (including phenoxy) is 1. The van der Waals surface area contributed by atoms with E-state index in [1.54, 1.807) is 6.26 Å². The third kappa shape index (κ3) is 4.59.